The van der Waals surface area contributed by atoms with Gasteiger partial charge in [-0.3, -0.25) is 9.89 Å². The molecule has 2 unspecified atom stereocenters. The molecule has 2 heterocycles. The minimum absolute atomic E-state index is 0. The third-order valence-electron chi connectivity index (χ3n) is 5.85. The Morgan fingerprint density at radius 3 is 2.70 bits per heavy atom. The predicted octanol–water partition coefficient (Wildman–Crippen LogP) is 3.81. The van der Waals surface area contributed by atoms with Crippen LogP contribution in [0.2, 0.25) is 0 Å². The van der Waals surface area contributed by atoms with Crippen LogP contribution >= 0.6 is 24.0 Å². The molecule has 3 rings (SSSR count). The number of nitrogens with one attached hydrogen (secondary N) is 2. The maximum absolute atomic E-state index is 4.42. The third-order valence-corrected chi connectivity index (χ3v) is 5.85. The van der Waals surface area contributed by atoms with E-state index in [1.165, 1.54) is 5.56 Å². The summed E-state index contributed by atoms with van der Waals surface area (Å²) in [6, 6.07) is 11.8. The number of hydrogen-bond donors (Lipinski definition) is 2. The monoisotopic (exact) mass is 524 g/mol. The molecule has 2 aromatic rings. The first kappa shape index (κ1) is 24.7. The maximum Gasteiger partial charge on any atom is 0.191 e. The van der Waals surface area contributed by atoms with E-state index in [9.17, 15) is 0 Å². The largest absolute Gasteiger partial charge is 0.356 e. The second kappa shape index (κ2) is 12.9. The van der Waals surface area contributed by atoms with E-state index < -0.39 is 0 Å². The van der Waals surface area contributed by atoms with Crippen LogP contribution in [-0.2, 0) is 13.1 Å². The minimum atomic E-state index is 0. The number of benzene rings is 1. The average Bonchev–Trinajstić information content (AvgIpc) is 3.14. The van der Waals surface area contributed by atoms with E-state index >= 15 is 0 Å². The van der Waals surface area contributed by atoms with Crippen LogP contribution in [0.1, 0.15) is 44.0 Å². The first-order chi connectivity index (χ1) is 14.2. The molecule has 0 radical (unpaired) electrons. The van der Waals surface area contributed by atoms with Gasteiger partial charge in [-0.05, 0) is 45.1 Å². The molecule has 2 atom stereocenters. The molecule has 1 aliphatic heterocycles. The number of guanidine groups is 1. The Kier molecular flexibility index (Phi) is 10.6. The van der Waals surface area contributed by atoms with Crippen LogP contribution in [0.3, 0.4) is 0 Å². The molecule has 6 nitrogen and oxygen atoms in total. The Morgan fingerprint density at radius 1 is 1.23 bits per heavy atom. The van der Waals surface area contributed by atoms with Gasteiger partial charge in [0.15, 0.2) is 5.96 Å². The van der Waals surface area contributed by atoms with Gasteiger partial charge < -0.3 is 15.2 Å². The number of aryl methyl sites for hydroxylation is 2. The molecule has 1 saturated heterocycles. The molecule has 1 aliphatic rings. The number of aliphatic imine (C=N–C) groups is 1. The summed E-state index contributed by atoms with van der Waals surface area (Å²) in [5, 5.41) is 7.11. The smallest absolute Gasteiger partial charge is 0.191 e. The Morgan fingerprint density at radius 2 is 2.03 bits per heavy atom. The van der Waals surface area contributed by atoms with Crippen molar-refractivity contribution in [2.45, 2.75) is 64.7 Å². The molecular formula is C23H37IN6. The number of imidazole rings is 1. The summed E-state index contributed by atoms with van der Waals surface area (Å²) in [6.07, 6.45) is 8.46. The fourth-order valence-electron chi connectivity index (χ4n) is 4.05. The van der Waals surface area contributed by atoms with E-state index in [-0.39, 0.29) is 24.0 Å². The molecule has 166 valence electrons. The van der Waals surface area contributed by atoms with Crippen LogP contribution in [0.15, 0.2) is 47.7 Å². The number of hydrogen-bond acceptors (Lipinski definition) is 3. The second-order valence-corrected chi connectivity index (χ2v) is 8.04. The molecule has 2 N–H and O–H groups in total. The molecule has 1 fully saturated rings. The van der Waals surface area contributed by atoms with Gasteiger partial charge >= 0.3 is 0 Å². The SMILES string of the molecule is CN=C(NCCCCn1ccnc1C)NC1CCN(Cc2ccccc2)C(C)C1.I. The molecule has 30 heavy (non-hydrogen) atoms. The Balaban J connectivity index is 0.00000320. The number of aromatic nitrogens is 2. The lowest BCUT2D eigenvalue weighted by Crippen LogP contribution is -2.51. The Bertz CT molecular complexity index is 760. The van der Waals surface area contributed by atoms with Crippen molar-refractivity contribution in [3.63, 3.8) is 0 Å². The van der Waals surface area contributed by atoms with Gasteiger partial charge in [-0.25, -0.2) is 4.98 Å². The van der Waals surface area contributed by atoms with Crippen LogP contribution in [0.4, 0.5) is 0 Å². The number of piperidine rings is 1. The molecule has 1 aromatic heterocycles. The molecule has 0 saturated carbocycles. The number of nitrogens with zero attached hydrogens (tertiary/aromatic N) is 4. The minimum Gasteiger partial charge on any atom is -0.356 e. The molecule has 0 bridgehead atoms. The summed E-state index contributed by atoms with van der Waals surface area (Å²) < 4.78 is 2.21. The van der Waals surface area contributed by atoms with Crippen LogP contribution in [0.25, 0.3) is 0 Å². The van der Waals surface area contributed by atoms with Gasteiger partial charge in [0, 0.05) is 57.7 Å². The lowest BCUT2D eigenvalue weighted by Gasteiger charge is -2.38. The molecule has 7 heteroatoms. The van der Waals surface area contributed by atoms with Crippen molar-refractivity contribution >= 4 is 29.9 Å². The summed E-state index contributed by atoms with van der Waals surface area (Å²) in [4.78, 5) is 11.3. The summed E-state index contributed by atoms with van der Waals surface area (Å²) in [5.74, 6) is 2.01. The van der Waals surface area contributed by atoms with E-state index in [2.05, 4.69) is 80.5 Å². The molecule has 0 amide bonds. The molecular weight excluding hydrogens is 487 g/mol. The van der Waals surface area contributed by atoms with Crippen LogP contribution < -0.4 is 10.6 Å². The zero-order chi connectivity index (χ0) is 20.5. The van der Waals surface area contributed by atoms with Gasteiger partial charge in [0.05, 0.1) is 0 Å². The van der Waals surface area contributed by atoms with Crippen molar-refractivity contribution in [1.82, 2.24) is 25.1 Å². The first-order valence-electron chi connectivity index (χ1n) is 10.9. The van der Waals surface area contributed by atoms with Crippen molar-refractivity contribution in [3.05, 3.63) is 54.1 Å². The summed E-state index contributed by atoms with van der Waals surface area (Å²) in [7, 11) is 1.86. The quantitative estimate of drug-likeness (QED) is 0.239. The number of likely N-dealkylation sites (tertiary alicyclic amines) is 1. The second-order valence-electron chi connectivity index (χ2n) is 8.04. The van der Waals surface area contributed by atoms with Gasteiger partial charge in [0.2, 0.25) is 0 Å². The van der Waals surface area contributed by atoms with E-state index in [4.69, 9.17) is 0 Å². The van der Waals surface area contributed by atoms with Crippen molar-refractivity contribution in [1.29, 1.82) is 0 Å². The average molecular weight is 524 g/mol. The van der Waals surface area contributed by atoms with Gasteiger partial charge in [0.1, 0.15) is 5.82 Å². The fraction of sp³-hybridized carbons (Fsp3) is 0.565. The number of halogens is 1. The maximum atomic E-state index is 4.42. The van der Waals surface area contributed by atoms with Crippen molar-refractivity contribution in [2.24, 2.45) is 4.99 Å². The normalized spacial score (nSPS) is 19.9. The number of unbranched alkanes of at least 4 members (excludes halogenated alkanes) is 1. The highest BCUT2D eigenvalue weighted by molar-refractivity contribution is 14.0. The van der Waals surface area contributed by atoms with Crippen LogP contribution in [-0.4, -0.2) is 52.6 Å². The Hall–Kier alpha value is -1.61. The van der Waals surface area contributed by atoms with Crippen LogP contribution in [0, 0.1) is 6.92 Å². The predicted molar refractivity (Wildman–Crippen MR) is 135 cm³/mol. The zero-order valence-corrected chi connectivity index (χ0v) is 20.9. The Labute approximate surface area is 198 Å². The fourth-order valence-corrected chi connectivity index (χ4v) is 4.05. The lowest BCUT2D eigenvalue weighted by atomic mass is 9.97. The van der Waals surface area contributed by atoms with E-state index in [0.29, 0.717) is 12.1 Å². The van der Waals surface area contributed by atoms with E-state index in [1.54, 1.807) is 0 Å². The van der Waals surface area contributed by atoms with Gasteiger partial charge in [-0.1, -0.05) is 30.3 Å². The lowest BCUT2D eigenvalue weighted by molar-refractivity contribution is 0.134. The van der Waals surface area contributed by atoms with Crippen LogP contribution in [0.5, 0.6) is 0 Å². The van der Waals surface area contributed by atoms with Crippen molar-refractivity contribution in [3.8, 4) is 0 Å². The van der Waals surface area contributed by atoms with Crippen molar-refractivity contribution in [2.75, 3.05) is 20.1 Å². The molecule has 0 aliphatic carbocycles. The zero-order valence-electron chi connectivity index (χ0n) is 18.6. The summed E-state index contributed by atoms with van der Waals surface area (Å²) in [5.41, 5.74) is 1.40. The molecule has 1 aromatic carbocycles. The van der Waals surface area contributed by atoms with Gasteiger partial charge in [-0.15, -0.1) is 24.0 Å². The summed E-state index contributed by atoms with van der Waals surface area (Å²) >= 11 is 0. The molecule has 0 spiro atoms. The van der Waals surface area contributed by atoms with Gasteiger partial charge in [-0.2, -0.15) is 0 Å². The number of rotatable bonds is 8. The van der Waals surface area contributed by atoms with E-state index in [0.717, 1.165) is 63.6 Å². The highest BCUT2D eigenvalue weighted by Gasteiger charge is 2.25. The first-order valence-corrected chi connectivity index (χ1v) is 10.9. The highest BCUT2D eigenvalue weighted by Crippen LogP contribution is 2.19. The highest BCUT2D eigenvalue weighted by atomic mass is 127. The standard InChI is InChI=1S/C23H36N6.HI/c1-19-17-22(11-15-29(19)18-21-9-5-4-6-10-21)27-23(24-3)26-12-7-8-14-28-16-13-25-20(28)2;/h4-6,9-10,13,16,19,22H,7-8,11-12,14-15,17-18H2,1-3H3,(H2,24,26,27);1H. The van der Waals surface area contributed by atoms with Gasteiger partial charge in [0.25, 0.3) is 0 Å². The van der Waals surface area contributed by atoms with E-state index in [1.807, 2.05) is 13.2 Å². The topological polar surface area (TPSA) is 57.5 Å². The third kappa shape index (κ3) is 7.58. The summed E-state index contributed by atoms with van der Waals surface area (Å²) in [6.45, 7) is 8.51. The van der Waals surface area contributed by atoms with Crippen molar-refractivity contribution < 1.29 is 0 Å².